The third-order valence-corrected chi connectivity index (χ3v) is 3.35. The molecule has 0 aliphatic carbocycles. The summed E-state index contributed by atoms with van der Waals surface area (Å²) in [6.45, 7) is 2.37. The van der Waals surface area contributed by atoms with Gasteiger partial charge in [0.1, 0.15) is 12.2 Å². The summed E-state index contributed by atoms with van der Waals surface area (Å²) in [6, 6.07) is 1.92. The van der Waals surface area contributed by atoms with Crippen LogP contribution in [0.5, 0.6) is 0 Å². The van der Waals surface area contributed by atoms with E-state index in [4.69, 9.17) is 4.74 Å². The van der Waals surface area contributed by atoms with E-state index >= 15 is 0 Å². The summed E-state index contributed by atoms with van der Waals surface area (Å²) in [7, 11) is 0. The molecule has 78 valence electrons. The quantitative estimate of drug-likeness (QED) is 0.738. The fourth-order valence-corrected chi connectivity index (χ4v) is 2.38. The van der Waals surface area contributed by atoms with Crippen molar-refractivity contribution in [1.29, 1.82) is 0 Å². The Morgan fingerprint density at radius 2 is 2.21 bits per heavy atom. The van der Waals surface area contributed by atoms with E-state index in [2.05, 4.69) is 0 Å². The molecule has 0 aromatic carbocycles. The van der Waals surface area contributed by atoms with Gasteiger partial charge in [0.15, 0.2) is 0 Å². The summed E-state index contributed by atoms with van der Waals surface area (Å²) < 4.78 is 5.51. The van der Waals surface area contributed by atoms with Crippen molar-refractivity contribution in [2.75, 3.05) is 6.61 Å². The zero-order valence-electron chi connectivity index (χ0n) is 7.96. The largest absolute Gasteiger partial charge is 0.390 e. The highest BCUT2D eigenvalue weighted by atomic mass is 32.1. The first-order chi connectivity index (χ1) is 6.70. The van der Waals surface area contributed by atoms with E-state index in [0.717, 1.165) is 5.56 Å². The minimum Gasteiger partial charge on any atom is -0.390 e. The van der Waals surface area contributed by atoms with Crippen molar-refractivity contribution < 1.29 is 14.9 Å². The lowest BCUT2D eigenvalue weighted by Gasteiger charge is -2.35. The molecule has 0 amide bonds. The molecule has 0 spiro atoms. The molecular formula is C10H14O3S. The molecule has 1 aromatic rings. The first-order valence-electron chi connectivity index (χ1n) is 4.70. The molecule has 1 aliphatic heterocycles. The number of hydrogen-bond acceptors (Lipinski definition) is 4. The molecular weight excluding hydrogens is 200 g/mol. The molecule has 1 aromatic heterocycles. The maximum atomic E-state index is 9.81. The third-order valence-electron chi connectivity index (χ3n) is 2.65. The molecule has 1 aliphatic rings. The van der Waals surface area contributed by atoms with Crippen molar-refractivity contribution >= 4 is 11.3 Å². The van der Waals surface area contributed by atoms with Crippen LogP contribution in [0.3, 0.4) is 0 Å². The monoisotopic (exact) mass is 214 g/mol. The van der Waals surface area contributed by atoms with Gasteiger partial charge < -0.3 is 14.9 Å². The van der Waals surface area contributed by atoms with Crippen LogP contribution >= 0.6 is 11.3 Å². The first-order valence-corrected chi connectivity index (χ1v) is 5.64. The van der Waals surface area contributed by atoms with Gasteiger partial charge in [-0.2, -0.15) is 11.3 Å². The molecule has 3 nitrogen and oxygen atoms in total. The van der Waals surface area contributed by atoms with Gasteiger partial charge in [-0.1, -0.05) is 6.92 Å². The summed E-state index contributed by atoms with van der Waals surface area (Å²) >= 11 is 1.56. The molecule has 1 fully saturated rings. The molecule has 4 unspecified atom stereocenters. The van der Waals surface area contributed by atoms with E-state index in [1.807, 2.05) is 23.8 Å². The molecule has 0 radical (unpaired) electrons. The second kappa shape index (κ2) is 3.98. The van der Waals surface area contributed by atoms with Crippen LogP contribution in [0.1, 0.15) is 18.6 Å². The Balaban J connectivity index is 2.14. The molecule has 0 bridgehead atoms. The van der Waals surface area contributed by atoms with Gasteiger partial charge in [-0.15, -0.1) is 0 Å². The molecule has 4 heteroatoms. The second-order valence-electron chi connectivity index (χ2n) is 3.77. The standard InChI is InChI=1S/C10H14O3S/c1-6-4-13-10(9(12)8(6)11)7-2-3-14-5-7/h2-3,5-6,8-12H,4H2,1H3. The van der Waals surface area contributed by atoms with E-state index in [0.29, 0.717) is 6.61 Å². The molecule has 1 saturated heterocycles. The maximum Gasteiger partial charge on any atom is 0.112 e. The number of hydrogen-bond donors (Lipinski definition) is 2. The highest BCUT2D eigenvalue weighted by molar-refractivity contribution is 7.07. The summed E-state index contributed by atoms with van der Waals surface area (Å²) in [4.78, 5) is 0. The van der Waals surface area contributed by atoms with Gasteiger partial charge in [0.2, 0.25) is 0 Å². The number of ether oxygens (including phenoxy) is 1. The van der Waals surface area contributed by atoms with Gasteiger partial charge >= 0.3 is 0 Å². The third kappa shape index (κ3) is 1.70. The average Bonchev–Trinajstić information content (AvgIpc) is 2.67. The van der Waals surface area contributed by atoms with Crippen molar-refractivity contribution in [1.82, 2.24) is 0 Å². The summed E-state index contributed by atoms with van der Waals surface area (Å²) in [5.41, 5.74) is 0.952. The van der Waals surface area contributed by atoms with E-state index in [9.17, 15) is 10.2 Å². The van der Waals surface area contributed by atoms with Gasteiger partial charge in [-0.3, -0.25) is 0 Å². The predicted molar refractivity (Wildman–Crippen MR) is 54.2 cm³/mol. The smallest absolute Gasteiger partial charge is 0.112 e. The summed E-state index contributed by atoms with van der Waals surface area (Å²) in [5.74, 6) is -0.000106. The Morgan fingerprint density at radius 1 is 1.43 bits per heavy atom. The van der Waals surface area contributed by atoms with E-state index in [-0.39, 0.29) is 12.0 Å². The Kier molecular flexibility index (Phi) is 2.88. The molecule has 2 N–H and O–H groups in total. The van der Waals surface area contributed by atoms with Crippen LogP contribution in [0.4, 0.5) is 0 Å². The van der Waals surface area contributed by atoms with E-state index in [1.54, 1.807) is 11.3 Å². The molecule has 2 rings (SSSR count). The van der Waals surface area contributed by atoms with Crippen molar-refractivity contribution in [3.05, 3.63) is 22.4 Å². The topological polar surface area (TPSA) is 49.7 Å². The van der Waals surface area contributed by atoms with E-state index < -0.39 is 12.2 Å². The number of rotatable bonds is 1. The normalized spacial score (nSPS) is 38.5. The van der Waals surface area contributed by atoms with Crippen LogP contribution < -0.4 is 0 Å². The van der Waals surface area contributed by atoms with Crippen molar-refractivity contribution in [3.63, 3.8) is 0 Å². The van der Waals surface area contributed by atoms with Gasteiger partial charge in [-0.05, 0) is 22.4 Å². The Morgan fingerprint density at radius 3 is 2.86 bits per heavy atom. The van der Waals surface area contributed by atoms with E-state index in [1.165, 1.54) is 0 Å². The Bertz CT molecular complexity index is 286. The minimum atomic E-state index is -0.812. The Hall–Kier alpha value is -0.420. The van der Waals surface area contributed by atoms with Crippen molar-refractivity contribution in [3.8, 4) is 0 Å². The first kappa shape index (κ1) is 10.1. The molecule has 14 heavy (non-hydrogen) atoms. The zero-order valence-corrected chi connectivity index (χ0v) is 8.78. The van der Waals surface area contributed by atoms with Crippen LogP contribution in [0.25, 0.3) is 0 Å². The van der Waals surface area contributed by atoms with Gasteiger partial charge in [0.05, 0.1) is 12.7 Å². The lowest BCUT2D eigenvalue weighted by molar-refractivity contribution is -0.162. The Labute approximate surface area is 87.0 Å². The lowest BCUT2D eigenvalue weighted by Crippen LogP contribution is -2.44. The molecule has 0 saturated carbocycles. The van der Waals surface area contributed by atoms with Crippen LogP contribution in [0.2, 0.25) is 0 Å². The van der Waals surface area contributed by atoms with Gasteiger partial charge in [0, 0.05) is 5.92 Å². The van der Waals surface area contributed by atoms with Crippen LogP contribution in [-0.2, 0) is 4.74 Å². The fraction of sp³-hybridized carbons (Fsp3) is 0.600. The highest BCUT2D eigenvalue weighted by Gasteiger charge is 2.36. The average molecular weight is 214 g/mol. The predicted octanol–water partition coefficient (Wildman–Crippen LogP) is 1.18. The van der Waals surface area contributed by atoms with Gasteiger partial charge in [0.25, 0.3) is 0 Å². The van der Waals surface area contributed by atoms with Crippen LogP contribution in [0.15, 0.2) is 16.8 Å². The zero-order chi connectivity index (χ0) is 10.1. The molecule has 2 heterocycles. The van der Waals surface area contributed by atoms with Gasteiger partial charge in [-0.25, -0.2) is 0 Å². The highest BCUT2D eigenvalue weighted by Crippen LogP contribution is 2.32. The molecule has 4 atom stereocenters. The number of aliphatic hydroxyl groups is 2. The SMILES string of the molecule is CC1COC(c2ccsc2)C(O)C1O. The maximum absolute atomic E-state index is 9.81. The number of thiophene rings is 1. The van der Waals surface area contributed by atoms with Crippen molar-refractivity contribution in [2.45, 2.75) is 25.2 Å². The van der Waals surface area contributed by atoms with Crippen LogP contribution in [0, 0.1) is 5.92 Å². The number of aliphatic hydroxyl groups excluding tert-OH is 2. The second-order valence-corrected chi connectivity index (χ2v) is 4.55. The summed E-state index contributed by atoms with van der Waals surface area (Å²) in [6.07, 6.45) is -1.87. The van der Waals surface area contributed by atoms with Crippen molar-refractivity contribution in [2.24, 2.45) is 5.92 Å². The lowest BCUT2D eigenvalue weighted by atomic mass is 9.91. The summed E-state index contributed by atoms with van der Waals surface area (Å²) in [5, 5.41) is 23.4. The van der Waals surface area contributed by atoms with Crippen LogP contribution in [-0.4, -0.2) is 29.0 Å². The minimum absolute atomic E-state index is 0.000106. The fourth-order valence-electron chi connectivity index (χ4n) is 1.70.